The summed E-state index contributed by atoms with van der Waals surface area (Å²) in [4.78, 5) is 37.5. The minimum Gasteiger partial charge on any atom is -0.507 e. The number of aromatic carboxylic acids is 1. The van der Waals surface area contributed by atoms with Gasteiger partial charge in [-0.05, 0) is 36.8 Å². The van der Waals surface area contributed by atoms with E-state index in [1.807, 2.05) is 0 Å². The number of phenols is 1. The molecule has 0 radical (unpaired) electrons. The molecule has 0 bridgehead atoms. The van der Waals surface area contributed by atoms with Crippen molar-refractivity contribution in [2.24, 2.45) is 0 Å². The Morgan fingerprint density at radius 2 is 2.10 bits per heavy atom. The van der Waals surface area contributed by atoms with Gasteiger partial charge >= 0.3 is 5.97 Å². The van der Waals surface area contributed by atoms with E-state index in [0.717, 1.165) is 0 Å². The molecule has 1 aromatic carbocycles. The minimum absolute atomic E-state index is 0.109. The first-order valence-electron chi connectivity index (χ1n) is 8.50. The molecular weight excluding hydrogens is 416 g/mol. The van der Waals surface area contributed by atoms with Crippen LogP contribution in [0, 0.1) is 0 Å². The summed E-state index contributed by atoms with van der Waals surface area (Å²) in [6.45, 7) is 0.281. The number of nitrogens with zero attached hydrogens (tertiary/aromatic N) is 1. The van der Waals surface area contributed by atoms with Gasteiger partial charge in [0.15, 0.2) is 0 Å². The highest BCUT2D eigenvalue weighted by Gasteiger charge is 2.31. The highest BCUT2D eigenvalue weighted by molar-refractivity contribution is 8.26. The molecule has 8 nitrogen and oxygen atoms in total. The maximum Gasteiger partial charge on any atom is 0.339 e. The number of aromatic hydroxyl groups is 1. The van der Waals surface area contributed by atoms with E-state index < -0.39 is 5.97 Å². The fourth-order valence-electron chi connectivity index (χ4n) is 2.60. The lowest BCUT2D eigenvalue weighted by Gasteiger charge is -2.14. The standard InChI is InChI=1S/C19H16N2O6S2/c22-14-6-5-11(9-13(14)18(25)26)20-16(23)4-1-7-21-17(24)15(29-19(21)28)10-12-3-2-8-27-12/h2-3,5-6,8-10,22H,1,4,7H2,(H,20,23)(H,25,26)/b15-10-. The van der Waals surface area contributed by atoms with E-state index in [1.54, 1.807) is 18.2 Å². The highest BCUT2D eigenvalue weighted by atomic mass is 32.2. The number of carbonyl (C=O) groups excluding carboxylic acids is 2. The largest absolute Gasteiger partial charge is 0.507 e. The monoisotopic (exact) mass is 432 g/mol. The number of benzene rings is 1. The summed E-state index contributed by atoms with van der Waals surface area (Å²) >= 11 is 6.42. The highest BCUT2D eigenvalue weighted by Crippen LogP contribution is 2.32. The number of furan rings is 1. The Morgan fingerprint density at radius 3 is 2.79 bits per heavy atom. The van der Waals surface area contributed by atoms with Crippen molar-refractivity contribution in [2.75, 3.05) is 11.9 Å². The Morgan fingerprint density at radius 1 is 1.31 bits per heavy atom. The van der Waals surface area contributed by atoms with Gasteiger partial charge in [0, 0.05) is 24.7 Å². The van der Waals surface area contributed by atoms with E-state index in [9.17, 15) is 19.5 Å². The van der Waals surface area contributed by atoms with Gasteiger partial charge in [0.1, 0.15) is 21.4 Å². The van der Waals surface area contributed by atoms with Gasteiger partial charge in [-0.2, -0.15) is 0 Å². The molecule has 0 atom stereocenters. The number of rotatable bonds is 7. The first kappa shape index (κ1) is 20.6. The Labute approximate surface area is 175 Å². The fourth-order valence-corrected chi connectivity index (χ4v) is 3.89. The zero-order chi connectivity index (χ0) is 21.0. The van der Waals surface area contributed by atoms with Crippen LogP contribution in [0.25, 0.3) is 6.08 Å². The number of amides is 2. The number of thioether (sulfide) groups is 1. The summed E-state index contributed by atoms with van der Waals surface area (Å²) in [5.74, 6) is -1.70. The Bertz CT molecular complexity index is 1000. The summed E-state index contributed by atoms with van der Waals surface area (Å²) in [5.41, 5.74) is -0.0408. The zero-order valence-corrected chi connectivity index (χ0v) is 16.6. The topological polar surface area (TPSA) is 120 Å². The molecular formula is C19H16N2O6S2. The first-order valence-corrected chi connectivity index (χ1v) is 9.72. The lowest BCUT2D eigenvalue weighted by Crippen LogP contribution is -2.29. The molecule has 2 aromatic rings. The van der Waals surface area contributed by atoms with Crippen molar-refractivity contribution in [3.05, 3.63) is 52.8 Å². The maximum atomic E-state index is 12.5. The van der Waals surface area contributed by atoms with Crippen molar-refractivity contribution in [1.29, 1.82) is 0 Å². The molecule has 1 aliphatic heterocycles. The molecule has 0 saturated carbocycles. The normalized spacial score (nSPS) is 15.2. The number of thiocarbonyl (C=S) groups is 1. The van der Waals surface area contributed by atoms with E-state index in [2.05, 4.69) is 5.32 Å². The quantitative estimate of drug-likeness (QED) is 0.346. The number of hydrogen-bond donors (Lipinski definition) is 3. The predicted molar refractivity (Wildman–Crippen MR) is 112 cm³/mol. The van der Waals surface area contributed by atoms with Crippen LogP contribution in [-0.2, 0) is 9.59 Å². The van der Waals surface area contributed by atoms with Crippen LogP contribution in [0.1, 0.15) is 29.0 Å². The summed E-state index contributed by atoms with van der Waals surface area (Å²) < 4.78 is 5.62. The van der Waals surface area contributed by atoms with Gasteiger partial charge in [-0.1, -0.05) is 24.0 Å². The second kappa shape index (κ2) is 8.93. The van der Waals surface area contributed by atoms with Gasteiger partial charge in [0.2, 0.25) is 5.91 Å². The van der Waals surface area contributed by atoms with Crippen molar-refractivity contribution < 1.29 is 29.0 Å². The van der Waals surface area contributed by atoms with Crippen LogP contribution in [0.2, 0.25) is 0 Å². The molecule has 3 N–H and O–H groups in total. The molecule has 1 saturated heterocycles. The van der Waals surface area contributed by atoms with Crippen molar-refractivity contribution >= 4 is 57.8 Å². The lowest BCUT2D eigenvalue weighted by atomic mass is 10.1. The Balaban J connectivity index is 1.53. The molecule has 10 heteroatoms. The Kier molecular flexibility index (Phi) is 6.35. The van der Waals surface area contributed by atoms with Crippen molar-refractivity contribution in [2.45, 2.75) is 12.8 Å². The van der Waals surface area contributed by atoms with Gasteiger partial charge in [0.25, 0.3) is 5.91 Å². The molecule has 0 aliphatic carbocycles. The Hall–Kier alpha value is -3.11. The number of hydrogen-bond acceptors (Lipinski definition) is 7. The summed E-state index contributed by atoms with van der Waals surface area (Å²) in [6, 6.07) is 7.23. The van der Waals surface area contributed by atoms with Gasteiger partial charge in [-0.15, -0.1) is 0 Å². The second-order valence-electron chi connectivity index (χ2n) is 6.04. The molecule has 2 amide bonds. The average Bonchev–Trinajstić information content (AvgIpc) is 3.27. The number of anilines is 1. The summed E-state index contributed by atoms with van der Waals surface area (Å²) in [6.07, 6.45) is 3.61. The van der Waals surface area contributed by atoms with Crippen LogP contribution >= 0.6 is 24.0 Å². The smallest absolute Gasteiger partial charge is 0.339 e. The fraction of sp³-hybridized carbons (Fsp3) is 0.158. The lowest BCUT2D eigenvalue weighted by molar-refractivity contribution is -0.122. The van der Waals surface area contributed by atoms with Gasteiger partial charge < -0.3 is 19.9 Å². The molecule has 1 fully saturated rings. The van der Waals surface area contributed by atoms with Crippen LogP contribution in [-0.4, -0.2) is 43.8 Å². The van der Waals surface area contributed by atoms with Crippen LogP contribution in [0.5, 0.6) is 5.75 Å². The summed E-state index contributed by atoms with van der Waals surface area (Å²) in [7, 11) is 0. The maximum absolute atomic E-state index is 12.5. The molecule has 1 aliphatic rings. The van der Waals surface area contributed by atoms with E-state index >= 15 is 0 Å². The van der Waals surface area contributed by atoms with Crippen molar-refractivity contribution in [3.8, 4) is 5.75 Å². The zero-order valence-electron chi connectivity index (χ0n) is 15.0. The van der Waals surface area contributed by atoms with E-state index in [0.29, 0.717) is 21.4 Å². The van der Waals surface area contributed by atoms with Crippen molar-refractivity contribution in [3.63, 3.8) is 0 Å². The third kappa shape index (κ3) is 5.04. The van der Waals surface area contributed by atoms with E-state index in [-0.39, 0.29) is 41.8 Å². The third-order valence-corrected chi connectivity index (χ3v) is 5.36. The van der Waals surface area contributed by atoms with Crippen LogP contribution in [0.4, 0.5) is 5.69 Å². The number of carboxylic acids is 1. The SMILES string of the molecule is O=C(CCCN1C(=O)/C(=C/c2ccco2)SC1=S)Nc1ccc(O)c(C(=O)O)c1. The van der Waals surface area contributed by atoms with Crippen LogP contribution < -0.4 is 5.32 Å². The van der Waals surface area contributed by atoms with Gasteiger partial charge in [-0.25, -0.2) is 4.79 Å². The summed E-state index contributed by atoms with van der Waals surface area (Å²) in [5, 5.41) is 21.1. The molecule has 3 rings (SSSR count). The molecule has 2 heterocycles. The molecule has 0 spiro atoms. The van der Waals surface area contributed by atoms with Crippen LogP contribution in [0.3, 0.4) is 0 Å². The molecule has 150 valence electrons. The number of carbonyl (C=O) groups is 3. The molecule has 0 unspecified atom stereocenters. The van der Waals surface area contributed by atoms with E-state index in [1.165, 1.54) is 41.1 Å². The molecule has 1 aromatic heterocycles. The predicted octanol–water partition coefficient (Wildman–Crippen LogP) is 3.30. The average molecular weight is 432 g/mol. The first-order chi connectivity index (χ1) is 13.8. The molecule has 29 heavy (non-hydrogen) atoms. The van der Waals surface area contributed by atoms with Gasteiger partial charge in [-0.3, -0.25) is 14.5 Å². The van der Waals surface area contributed by atoms with Crippen molar-refractivity contribution in [1.82, 2.24) is 4.90 Å². The number of carboxylic acid groups (broad SMARTS) is 1. The van der Waals surface area contributed by atoms with Crippen LogP contribution in [0.15, 0.2) is 45.9 Å². The van der Waals surface area contributed by atoms with Gasteiger partial charge in [0.05, 0.1) is 11.2 Å². The number of nitrogens with one attached hydrogen (secondary N) is 1. The minimum atomic E-state index is -1.30. The van der Waals surface area contributed by atoms with E-state index in [4.69, 9.17) is 21.7 Å². The third-order valence-electron chi connectivity index (χ3n) is 3.99. The second-order valence-corrected chi connectivity index (χ2v) is 7.71.